The summed E-state index contributed by atoms with van der Waals surface area (Å²) in [4.78, 5) is 11.5. The Balaban J connectivity index is 1.89. The number of hydrogen-bond donors (Lipinski definition) is 3. The van der Waals surface area contributed by atoms with Gasteiger partial charge in [-0.05, 0) is 29.8 Å². The van der Waals surface area contributed by atoms with Gasteiger partial charge in [-0.3, -0.25) is 9.52 Å². The summed E-state index contributed by atoms with van der Waals surface area (Å²) < 4.78 is 77.4. The van der Waals surface area contributed by atoms with Crippen LogP contribution in [0.2, 0.25) is 0 Å². The molecule has 0 aliphatic heterocycles. The lowest BCUT2D eigenvalue weighted by Crippen LogP contribution is -2.30. The van der Waals surface area contributed by atoms with E-state index in [2.05, 4.69) is 14.8 Å². The molecule has 0 aromatic heterocycles. The third-order valence-corrected chi connectivity index (χ3v) is 5.68. The SMILES string of the molecule is CS(=O)(=O)Nc1ccccc1CNC(=O)CCNS(=O)(=O)c1ccc(F)c(F)c1. The van der Waals surface area contributed by atoms with Crippen molar-refractivity contribution in [3.8, 4) is 0 Å². The van der Waals surface area contributed by atoms with Gasteiger partial charge in [0, 0.05) is 19.5 Å². The highest BCUT2D eigenvalue weighted by Gasteiger charge is 2.16. The molecule has 2 rings (SSSR count). The van der Waals surface area contributed by atoms with E-state index in [0.29, 0.717) is 23.4 Å². The van der Waals surface area contributed by atoms with Crippen LogP contribution in [0.4, 0.5) is 14.5 Å². The van der Waals surface area contributed by atoms with Gasteiger partial charge in [-0.25, -0.2) is 30.3 Å². The maximum absolute atomic E-state index is 13.2. The first-order valence-corrected chi connectivity index (χ1v) is 11.6. The Morgan fingerprint density at radius 1 is 1.00 bits per heavy atom. The number of halogens is 2. The van der Waals surface area contributed by atoms with Crippen LogP contribution < -0.4 is 14.8 Å². The molecular weight excluding hydrogens is 428 g/mol. The molecule has 0 aliphatic rings. The first-order chi connectivity index (χ1) is 13.5. The van der Waals surface area contributed by atoms with E-state index in [1.165, 1.54) is 0 Å². The third-order valence-electron chi connectivity index (χ3n) is 3.63. The summed E-state index contributed by atoms with van der Waals surface area (Å²) >= 11 is 0. The fraction of sp³-hybridized carbons (Fsp3) is 0.235. The number of sulfonamides is 2. The van der Waals surface area contributed by atoms with E-state index in [9.17, 15) is 30.4 Å². The zero-order valence-electron chi connectivity index (χ0n) is 15.3. The predicted octanol–water partition coefficient (Wildman–Crippen LogP) is 1.32. The standard InChI is InChI=1S/C17H19F2N3O5S2/c1-28(24,25)22-16-5-3-2-4-12(16)11-20-17(23)8-9-21-29(26,27)13-6-7-14(18)15(19)10-13/h2-7,10,21-22H,8-9,11H2,1H3,(H,20,23). The summed E-state index contributed by atoms with van der Waals surface area (Å²) in [6.07, 6.45) is 0.784. The number of para-hydroxylation sites is 1. The van der Waals surface area contributed by atoms with Crippen molar-refractivity contribution in [3.05, 3.63) is 59.7 Å². The molecule has 0 radical (unpaired) electrons. The van der Waals surface area contributed by atoms with Crippen molar-refractivity contribution in [1.29, 1.82) is 0 Å². The van der Waals surface area contributed by atoms with Gasteiger partial charge in [-0.1, -0.05) is 18.2 Å². The monoisotopic (exact) mass is 447 g/mol. The van der Waals surface area contributed by atoms with Crippen molar-refractivity contribution >= 4 is 31.6 Å². The fourth-order valence-electron chi connectivity index (χ4n) is 2.28. The molecule has 158 valence electrons. The second-order valence-electron chi connectivity index (χ2n) is 6.03. The van der Waals surface area contributed by atoms with Crippen molar-refractivity contribution in [1.82, 2.24) is 10.0 Å². The number of hydrogen-bond acceptors (Lipinski definition) is 5. The zero-order valence-corrected chi connectivity index (χ0v) is 16.9. The summed E-state index contributed by atoms with van der Waals surface area (Å²) in [5, 5.41) is 2.55. The maximum Gasteiger partial charge on any atom is 0.240 e. The molecule has 0 aliphatic carbocycles. The molecule has 2 aromatic carbocycles. The highest BCUT2D eigenvalue weighted by Crippen LogP contribution is 2.16. The third kappa shape index (κ3) is 7.07. The van der Waals surface area contributed by atoms with Gasteiger partial charge in [0.25, 0.3) is 0 Å². The first kappa shape index (κ1) is 22.7. The van der Waals surface area contributed by atoms with Gasteiger partial charge >= 0.3 is 0 Å². The van der Waals surface area contributed by atoms with Gasteiger partial charge in [0.2, 0.25) is 26.0 Å². The average Bonchev–Trinajstić information content (AvgIpc) is 2.61. The lowest BCUT2D eigenvalue weighted by atomic mass is 10.2. The van der Waals surface area contributed by atoms with E-state index >= 15 is 0 Å². The predicted molar refractivity (Wildman–Crippen MR) is 103 cm³/mol. The van der Waals surface area contributed by atoms with Crippen LogP contribution in [-0.4, -0.2) is 35.5 Å². The van der Waals surface area contributed by atoms with Crippen molar-refractivity contribution in [2.45, 2.75) is 17.9 Å². The average molecular weight is 447 g/mol. The largest absolute Gasteiger partial charge is 0.352 e. The number of carbonyl (C=O) groups excluding carboxylic acids is 1. The molecule has 3 N–H and O–H groups in total. The van der Waals surface area contributed by atoms with Gasteiger partial charge in [0.05, 0.1) is 16.8 Å². The topological polar surface area (TPSA) is 121 Å². The minimum atomic E-state index is -4.10. The van der Waals surface area contributed by atoms with Gasteiger partial charge in [0.15, 0.2) is 11.6 Å². The normalized spacial score (nSPS) is 11.8. The van der Waals surface area contributed by atoms with Gasteiger partial charge in [-0.15, -0.1) is 0 Å². The fourth-order valence-corrected chi connectivity index (χ4v) is 3.92. The van der Waals surface area contributed by atoms with E-state index in [4.69, 9.17) is 0 Å². The molecule has 0 unspecified atom stereocenters. The Morgan fingerprint density at radius 3 is 2.34 bits per heavy atom. The van der Waals surface area contributed by atoms with E-state index in [-0.39, 0.29) is 19.5 Å². The number of rotatable bonds is 9. The summed E-state index contributed by atoms with van der Waals surface area (Å²) in [5.74, 6) is -2.96. The van der Waals surface area contributed by atoms with Crippen LogP contribution in [0.15, 0.2) is 47.4 Å². The van der Waals surface area contributed by atoms with Gasteiger partial charge in [0.1, 0.15) is 0 Å². The Bertz CT molecular complexity index is 1110. The molecule has 0 atom stereocenters. The van der Waals surface area contributed by atoms with Gasteiger partial charge < -0.3 is 5.32 Å². The molecular formula is C17H19F2N3O5S2. The smallest absolute Gasteiger partial charge is 0.240 e. The number of benzene rings is 2. The molecule has 2 aromatic rings. The minimum Gasteiger partial charge on any atom is -0.352 e. The van der Waals surface area contributed by atoms with Crippen LogP contribution in [0.25, 0.3) is 0 Å². The maximum atomic E-state index is 13.2. The number of amides is 1. The molecule has 0 bridgehead atoms. The minimum absolute atomic E-state index is 0.0213. The molecule has 1 amide bonds. The van der Waals surface area contributed by atoms with Crippen LogP contribution in [-0.2, 0) is 31.4 Å². The number of anilines is 1. The molecule has 0 heterocycles. The lowest BCUT2D eigenvalue weighted by molar-refractivity contribution is -0.121. The van der Waals surface area contributed by atoms with Crippen molar-refractivity contribution in [2.24, 2.45) is 0 Å². The zero-order chi connectivity index (χ0) is 21.7. The highest BCUT2D eigenvalue weighted by atomic mass is 32.2. The quantitative estimate of drug-likeness (QED) is 0.535. The van der Waals surface area contributed by atoms with Crippen LogP contribution in [0.5, 0.6) is 0 Å². The van der Waals surface area contributed by atoms with E-state index < -0.39 is 42.5 Å². The summed E-state index contributed by atoms with van der Waals surface area (Å²) in [6.45, 7) is -0.246. The van der Waals surface area contributed by atoms with E-state index in [0.717, 1.165) is 12.3 Å². The highest BCUT2D eigenvalue weighted by molar-refractivity contribution is 7.92. The van der Waals surface area contributed by atoms with Crippen molar-refractivity contribution < 1.29 is 30.4 Å². The first-order valence-electron chi connectivity index (χ1n) is 8.25. The number of nitrogens with one attached hydrogen (secondary N) is 3. The van der Waals surface area contributed by atoms with Crippen LogP contribution in [0, 0.1) is 11.6 Å². The van der Waals surface area contributed by atoms with E-state index in [1.807, 2.05) is 0 Å². The van der Waals surface area contributed by atoms with Crippen LogP contribution in [0.3, 0.4) is 0 Å². The summed E-state index contributed by atoms with van der Waals surface area (Å²) in [5.41, 5.74) is 0.836. The molecule has 0 fully saturated rings. The summed E-state index contributed by atoms with van der Waals surface area (Å²) in [6, 6.07) is 8.61. The molecule has 29 heavy (non-hydrogen) atoms. The van der Waals surface area contributed by atoms with Crippen molar-refractivity contribution in [3.63, 3.8) is 0 Å². The Hall–Kier alpha value is -2.57. The van der Waals surface area contributed by atoms with Crippen molar-refractivity contribution in [2.75, 3.05) is 17.5 Å². The van der Waals surface area contributed by atoms with E-state index in [1.54, 1.807) is 24.3 Å². The van der Waals surface area contributed by atoms with Gasteiger partial charge in [-0.2, -0.15) is 0 Å². The lowest BCUT2D eigenvalue weighted by Gasteiger charge is -2.12. The molecule has 0 saturated heterocycles. The Morgan fingerprint density at radius 2 is 1.69 bits per heavy atom. The molecule has 12 heteroatoms. The second-order valence-corrected chi connectivity index (χ2v) is 9.55. The second kappa shape index (κ2) is 9.29. The van der Waals surface area contributed by atoms with Crippen LogP contribution >= 0.6 is 0 Å². The molecule has 8 nitrogen and oxygen atoms in total. The van der Waals surface area contributed by atoms with Crippen LogP contribution in [0.1, 0.15) is 12.0 Å². The Kier molecular flexibility index (Phi) is 7.27. The summed E-state index contributed by atoms with van der Waals surface area (Å²) in [7, 11) is -7.59. The Labute approximate surface area is 167 Å². The number of carbonyl (C=O) groups is 1. The molecule has 0 saturated carbocycles. The molecule has 0 spiro atoms.